The summed E-state index contributed by atoms with van der Waals surface area (Å²) >= 11 is 0. The monoisotopic (exact) mass is 199 g/mol. The molecule has 1 nitrogen and oxygen atoms in total. The highest BCUT2D eigenvalue weighted by Crippen LogP contribution is 2.19. The van der Waals surface area contributed by atoms with Gasteiger partial charge in [0.25, 0.3) is 0 Å². The summed E-state index contributed by atoms with van der Waals surface area (Å²) in [6, 6.07) is 15.5. The first-order chi connectivity index (χ1) is 7.29. The fourth-order valence-corrected chi connectivity index (χ4v) is 1.67. The zero-order valence-corrected chi connectivity index (χ0v) is 9.33. The Hall–Kier alpha value is -1.50. The van der Waals surface area contributed by atoms with Crippen molar-refractivity contribution >= 4 is 16.5 Å². The van der Waals surface area contributed by atoms with Crippen LogP contribution in [0, 0.1) is 0 Å². The maximum absolute atomic E-state index is 3.48. The molecule has 0 aliphatic rings. The van der Waals surface area contributed by atoms with Crippen molar-refractivity contribution in [2.24, 2.45) is 0 Å². The minimum Gasteiger partial charge on any atom is -0.383 e. The molecule has 0 bridgehead atoms. The van der Waals surface area contributed by atoms with Crippen LogP contribution in [0.3, 0.4) is 0 Å². The van der Waals surface area contributed by atoms with Gasteiger partial charge in [-0.1, -0.05) is 37.3 Å². The molecule has 0 aromatic heterocycles. The average molecular weight is 199 g/mol. The van der Waals surface area contributed by atoms with Crippen LogP contribution in [0.25, 0.3) is 10.8 Å². The summed E-state index contributed by atoms with van der Waals surface area (Å²) in [5.41, 5.74) is 1.21. The van der Waals surface area contributed by atoms with Gasteiger partial charge in [-0.05, 0) is 36.2 Å². The van der Waals surface area contributed by atoms with E-state index in [0.717, 1.165) is 6.42 Å². The molecule has 1 N–H and O–H groups in total. The number of anilines is 1. The van der Waals surface area contributed by atoms with E-state index in [1.54, 1.807) is 0 Å². The van der Waals surface area contributed by atoms with E-state index in [0.29, 0.717) is 6.04 Å². The second kappa shape index (κ2) is 4.35. The largest absolute Gasteiger partial charge is 0.383 e. The zero-order chi connectivity index (χ0) is 10.7. The molecule has 0 saturated carbocycles. The first-order valence-electron chi connectivity index (χ1n) is 5.55. The van der Waals surface area contributed by atoms with Gasteiger partial charge in [0.1, 0.15) is 0 Å². The average Bonchev–Trinajstić information content (AvgIpc) is 2.29. The molecule has 0 radical (unpaired) electrons. The van der Waals surface area contributed by atoms with Crippen LogP contribution in [0.15, 0.2) is 42.5 Å². The summed E-state index contributed by atoms with van der Waals surface area (Å²) in [4.78, 5) is 0. The number of rotatable bonds is 3. The van der Waals surface area contributed by atoms with Crippen molar-refractivity contribution in [2.75, 3.05) is 5.32 Å². The molecule has 2 aromatic rings. The van der Waals surface area contributed by atoms with Crippen LogP contribution in [0.4, 0.5) is 5.69 Å². The van der Waals surface area contributed by atoms with Crippen molar-refractivity contribution in [3.63, 3.8) is 0 Å². The molecular formula is C14H17N. The number of benzene rings is 2. The maximum Gasteiger partial charge on any atom is 0.0348 e. The Labute approximate surface area is 91.1 Å². The van der Waals surface area contributed by atoms with Crippen LogP contribution in [0.2, 0.25) is 0 Å². The Kier molecular flexibility index (Phi) is 2.91. The predicted molar refractivity (Wildman–Crippen MR) is 67.3 cm³/mol. The van der Waals surface area contributed by atoms with Gasteiger partial charge >= 0.3 is 0 Å². The minimum atomic E-state index is 0.533. The lowest BCUT2D eigenvalue weighted by atomic mass is 10.1. The Morgan fingerprint density at radius 1 is 1.07 bits per heavy atom. The van der Waals surface area contributed by atoms with Gasteiger partial charge in [-0.2, -0.15) is 0 Å². The zero-order valence-electron chi connectivity index (χ0n) is 9.33. The quantitative estimate of drug-likeness (QED) is 0.786. The van der Waals surface area contributed by atoms with Gasteiger partial charge in [0, 0.05) is 11.7 Å². The van der Waals surface area contributed by atoms with Gasteiger partial charge in [-0.25, -0.2) is 0 Å². The van der Waals surface area contributed by atoms with Gasteiger partial charge < -0.3 is 5.32 Å². The molecule has 15 heavy (non-hydrogen) atoms. The Balaban J connectivity index is 2.30. The molecule has 0 amide bonds. The molecule has 1 heteroatoms. The summed E-state index contributed by atoms with van der Waals surface area (Å²) in [5.74, 6) is 0. The molecule has 0 aliphatic carbocycles. The van der Waals surface area contributed by atoms with E-state index in [1.807, 2.05) is 0 Å². The molecule has 0 heterocycles. The van der Waals surface area contributed by atoms with Crippen molar-refractivity contribution in [3.05, 3.63) is 42.5 Å². The summed E-state index contributed by atoms with van der Waals surface area (Å²) in [7, 11) is 0. The third-order valence-electron chi connectivity index (χ3n) is 2.77. The molecule has 78 valence electrons. The summed E-state index contributed by atoms with van der Waals surface area (Å²) < 4.78 is 0. The number of hydrogen-bond acceptors (Lipinski definition) is 1. The molecule has 0 spiro atoms. The summed E-state index contributed by atoms with van der Waals surface area (Å²) in [5, 5.41) is 6.08. The number of hydrogen-bond donors (Lipinski definition) is 1. The molecule has 1 atom stereocenters. The second-order valence-corrected chi connectivity index (χ2v) is 4.02. The first-order valence-corrected chi connectivity index (χ1v) is 5.55. The van der Waals surface area contributed by atoms with Crippen LogP contribution in [0.5, 0.6) is 0 Å². The van der Waals surface area contributed by atoms with Gasteiger partial charge in [-0.15, -0.1) is 0 Å². The Morgan fingerprint density at radius 3 is 2.53 bits per heavy atom. The maximum atomic E-state index is 3.48. The second-order valence-electron chi connectivity index (χ2n) is 4.02. The smallest absolute Gasteiger partial charge is 0.0348 e. The molecule has 0 saturated heterocycles. The topological polar surface area (TPSA) is 12.0 Å². The summed E-state index contributed by atoms with van der Waals surface area (Å²) in [6.07, 6.45) is 1.15. The minimum absolute atomic E-state index is 0.533. The van der Waals surface area contributed by atoms with Crippen LogP contribution >= 0.6 is 0 Å². The molecule has 1 unspecified atom stereocenters. The van der Waals surface area contributed by atoms with Crippen molar-refractivity contribution in [2.45, 2.75) is 26.3 Å². The van der Waals surface area contributed by atoms with Gasteiger partial charge in [0.05, 0.1) is 0 Å². The number of fused-ring (bicyclic) bond motifs is 1. The molecule has 0 fully saturated rings. The predicted octanol–water partition coefficient (Wildman–Crippen LogP) is 4.05. The molecule has 2 rings (SSSR count). The molecule has 0 aliphatic heterocycles. The van der Waals surface area contributed by atoms with E-state index >= 15 is 0 Å². The van der Waals surface area contributed by atoms with Crippen molar-refractivity contribution in [1.82, 2.24) is 0 Å². The lowest BCUT2D eigenvalue weighted by molar-refractivity contribution is 0.764. The Bertz CT molecular complexity index is 448. The highest BCUT2D eigenvalue weighted by atomic mass is 14.9. The highest BCUT2D eigenvalue weighted by molar-refractivity contribution is 5.85. The van der Waals surface area contributed by atoms with E-state index in [4.69, 9.17) is 0 Å². The number of nitrogens with one attached hydrogen (secondary N) is 1. The van der Waals surface area contributed by atoms with Gasteiger partial charge in [-0.3, -0.25) is 0 Å². The third-order valence-corrected chi connectivity index (χ3v) is 2.77. The fraction of sp³-hybridized carbons (Fsp3) is 0.286. The van der Waals surface area contributed by atoms with Crippen molar-refractivity contribution in [3.8, 4) is 0 Å². The van der Waals surface area contributed by atoms with E-state index in [-0.39, 0.29) is 0 Å². The van der Waals surface area contributed by atoms with Crippen LogP contribution in [-0.2, 0) is 0 Å². The fourth-order valence-electron chi connectivity index (χ4n) is 1.67. The summed E-state index contributed by atoms with van der Waals surface area (Å²) in [6.45, 7) is 4.40. The van der Waals surface area contributed by atoms with Crippen molar-refractivity contribution in [1.29, 1.82) is 0 Å². The molecular weight excluding hydrogens is 182 g/mol. The highest BCUT2D eigenvalue weighted by Gasteiger charge is 1.99. The normalized spacial score (nSPS) is 12.7. The van der Waals surface area contributed by atoms with Gasteiger partial charge in [0.15, 0.2) is 0 Å². The van der Waals surface area contributed by atoms with Crippen LogP contribution < -0.4 is 5.32 Å². The standard InChI is InChI=1S/C14H17N/c1-3-11(2)15-14-9-8-12-6-4-5-7-13(12)10-14/h4-11,15H,3H2,1-2H3. The van der Waals surface area contributed by atoms with Crippen molar-refractivity contribution < 1.29 is 0 Å². The SMILES string of the molecule is CCC(C)Nc1ccc2ccccc2c1. The van der Waals surface area contributed by atoms with E-state index in [1.165, 1.54) is 16.5 Å². The third kappa shape index (κ3) is 2.30. The lowest BCUT2D eigenvalue weighted by Crippen LogP contribution is -2.12. The van der Waals surface area contributed by atoms with Crippen LogP contribution in [0.1, 0.15) is 20.3 Å². The Morgan fingerprint density at radius 2 is 1.80 bits per heavy atom. The lowest BCUT2D eigenvalue weighted by Gasteiger charge is -2.13. The van der Waals surface area contributed by atoms with E-state index in [9.17, 15) is 0 Å². The molecule has 2 aromatic carbocycles. The van der Waals surface area contributed by atoms with Gasteiger partial charge in [0.2, 0.25) is 0 Å². The van der Waals surface area contributed by atoms with E-state index < -0.39 is 0 Å². The first kappa shape index (κ1) is 10.0. The van der Waals surface area contributed by atoms with E-state index in [2.05, 4.69) is 61.6 Å². The van der Waals surface area contributed by atoms with Crippen LogP contribution in [-0.4, -0.2) is 6.04 Å².